The highest BCUT2D eigenvalue weighted by Gasteiger charge is 2.21. The number of hydrogen-bond acceptors (Lipinski definition) is 4. The van der Waals surface area contributed by atoms with Gasteiger partial charge in [0.1, 0.15) is 5.75 Å². The van der Waals surface area contributed by atoms with E-state index in [2.05, 4.69) is 10.6 Å². The van der Waals surface area contributed by atoms with Gasteiger partial charge in [0.2, 0.25) is 11.8 Å². The summed E-state index contributed by atoms with van der Waals surface area (Å²) in [5.74, 6) is 0.535. The Morgan fingerprint density at radius 1 is 1.22 bits per heavy atom. The third kappa shape index (κ3) is 5.56. The molecule has 0 saturated carbocycles. The van der Waals surface area contributed by atoms with Crippen LogP contribution in [0.4, 0.5) is 0 Å². The number of benzene rings is 1. The van der Waals surface area contributed by atoms with E-state index in [1.54, 1.807) is 7.11 Å². The van der Waals surface area contributed by atoms with Crippen LogP contribution in [0.5, 0.6) is 5.75 Å². The van der Waals surface area contributed by atoms with E-state index < -0.39 is 0 Å². The van der Waals surface area contributed by atoms with Crippen molar-refractivity contribution in [2.45, 2.75) is 19.3 Å². The Morgan fingerprint density at radius 2 is 1.96 bits per heavy atom. The van der Waals surface area contributed by atoms with Crippen molar-refractivity contribution in [2.24, 2.45) is 5.92 Å². The van der Waals surface area contributed by atoms with Gasteiger partial charge < -0.3 is 20.1 Å². The maximum absolute atomic E-state index is 11.9. The molecule has 23 heavy (non-hydrogen) atoms. The molecule has 1 saturated heterocycles. The van der Waals surface area contributed by atoms with Gasteiger partial charge in [0, 0.05) is 25.7 Å². The number of ether oxygens (including phenoxy) is 2. The Balaban J connectivity index is 1.66. The van der Waals surface area contributed by atoms with Gasteiger partial charge in [-0.1, -0.05) is 18.2 Å². The van der Waals surface area contributed by atoms with Crippen molar-refractivity contribution in [3.63, 3.8) is 0 Å². The zero-order chi connectivity index (χ0) is 16.5. The van der Waals surface area contributed by atoms with Crippen LogP contribution in [0.15, 0.2) is 24.3 Å². The predicted octanol–water partition coefficient (Wildman–Crippen LogP) is 0.897. The number of carbonyl (C=O) groups is 2. The molecular weight excluding hydrogens is 296 g/mol. The molecule has 0 atom stereocenters. The van der Waals surface area contributed by atoms with Crippen molar-refractivity contribution in [3.05, 3.63) is 29.8 Å². The summed E-state index contributed by atoms with van der Waals surface area (Å²) in [4.78, 5) is 23.7. The largest absolute Gasteiger partial charge is 0.496 e. The molecule has 0 radical (unpaired) electrons. The maximum atomic E-state index is 11.9. The second-order valence-electron chi connectivity index (χ2n) is 5.52. The lowest BCUT2D eigenvalue weighted by molar-refractivity contribution is -0.130. The molecular formula is C17H24N2O4. The third-order valence-electron chi connectivity index (χ3n) is 3.92. The van der Waals surface area contributed by atoms with Crippen LogP contribution in [0.3, 0.4) is 0 Å². The first-order valence-corrected chi connectivity index (χ1v) is 7.94. The van der Waals surface area contributed by atoms with E-state index in [1.165, 1.54) is 0 Å². The zero-order valence-corrected chi connectivity index (χ0v) is 13.5. The second-order valence-corrected chi connectivity index (χ2v) is 5.52. The molecule has 1 aromatic rings. The van der Waals surface area contributed by atoms with Gasteiger partial charge in [-0.2, -0.15) is 0 Å². The minimum absolute atomic E-state index is 0.0160. The van der Waals surface area contributed by atoms with E-state index in [-0.39, 0.29) is 24.3 Å². The molecule has 2 N–H and O–H groups in total. The topological polar surface area (TPSA) is 76.7 Å². The molecule has 2 rings (SSSR count). The Bertz CT molecular complexity index is 527. The molecule has 1 fully saturated rings. The number of methoxy groups -OCH3 is 1. The Labute approximate surface area is 136 Å². The summed E-state index contributed by atoms with van der Waals surface area (Å²) >= 11 is 0. The smallest absolute Gasteiger partial charge is 0.239 e. The van der Waals surface area contributed by atoms with Gasteiger partial charge in [0.25, 0.3) is 0 Å². The van der Waals surface area contributed by atoms with Crippen LogP contribution in [0.25, 0.3) is 0 Å². The zero-order valence-electron chi connectivity index (χ0n) is 13.5. The van der Waals surface area contributed by atoms with Crippen molar-refractivity contribution in [1.82, 2.24) is 10.6 Å². The van der Waals surface area contributed by atoms with Crippen LogP contribution >= 0.6 is 0 Å². The van der Waals surface area contributed by atoms with Gasteiger partial charge >= 0.3 is 0 Å². The fraction of sp³-hybridized carbons (Fsp3) is 0.529. The van der Waals surface area contributed by atoms with Crippen LogP contribution < -0.4 is 15.4 Å². The normalized spacial score (nSPS) is 15.0. The fourth-order valence-electron chi connectivity index (χ4n) is 2.58. The summed E-state index contributed by atoms with van der Waals surface area (Å²) in [6.45, 7) is 1.75. The molecule has 0 unspecified atom stereocenters. The number of carbonyl (C=O) groups excluding carboxylic acids is 2. The van der Waals surface area contributed by atoms with Gasteiger partial charge in [-0.3, -0.25) is 9.59 Å². The average molecular weight is 320 g/mol. The molecule has 0 aliphatic carbocycles. The van der Waals surface area contributed by atoms with Crippen LogP contribution in [-0.2, 0) is 20.7 Å². The summed E-state index contributed by atoms with van der Waals surface area (Å²) in [5.41, 5.74) is 1.04. The van der Waals surface area contributed by atoms with Crippen molar-refractivity contribution in [3.8, 4) is 5.75 Å². The lowest BCUT2D eigenvalue weighted by atomic mass is 9.99. The first-order valence-electron chi connectivity index (χ1n) is 7.94. The Kier molecular flexibility index (Phi) is 6.87. The molecule has 1 aliphatic rings. The third-order valence-corrected chi connectivity index (χ3v) is 3.92. The van der Waals surface area contributed by atoms with E-state index in [0.717, 1.165) is 24.2 Å². The van der Waals surface area contributed by atoms with Crippen molar-refractivity contribution >= 4 is 11.8 Å². The minimum Gasteiger partial charge on any atom is -0.496 e. The monoisotopic (exact) mass is 320 g/mol. The summed E-state index contributed by atoms with van der Waals surface area (Å²) in [5, 5.41) is 5.50. The molecule has 1 heterocycles. The van der Waals surface area contributed by atoms with Crippen LogP contribution in [0.1, 0.15) is 18.4 Å². The molecule has 2 amide bonds. The molecule has 0 aromatic heterocycles. The maximum Gasteiger partial charge on any atom is 0.239 e. The lowest BCUT2D eigenvalue weighted by Crippen LogP contribution is -2.41. The summed E-state index contributed by atoms with van der Waals surface area (Å²) in [6.07, 6.45) is 2.13. The lowest BCUT2D eigenvalue weighted by Gasteiger charge is -2.21. The Morgan fingerprint density at radius 3 is 2.70 bits per heavy atom. The molecule has 6 nitrogen and oxygen atoms in total. The highest BCUT2D eigenvalue weighted by atomic mass is 16.5. The summed E-state index contributed by atoms with van der Waals surface area (Å²) < 4.78 is 10.5. The fourth-order valence-corrected chi connectivity index (χ4v) is 2.58. The van der Waals surface area contributed by atoms with Crippen molar-refractivity contribution in [2.75, 3.05) is 33.4 Å². The van der Waals surface area contributed by atoms with Crippen LogP contribution in [0, 0.1) is 5.92 Å². The van der Waals surface area contributed by atoms with Gasteiger partial charge in [-0.05, 0) is 30.9 Å². The predicted molar refractivity (Wildman–Crippen MR) is 86.3 cm³/mol. The molecule has 126 valence electrons. The van der Waals surface area contributed by atoms with E-state index in [9.17, 15) is 9.59 Å². The van der Waals surface area contributed by atoms with E-state index >= 15 is 0 Å². The average Bonchev–Trinajstić information content (AvgIpc) is 2.61. The highest BCUT2D eigenvalue weighted by molar-refractivity contribution is 5.85. The van der Waals surface area contributed by atoms with Gasteiger partial charge in [0.05, 0.1) is 13.7 Å². The molecule has 1 aliphatic heterocycles. The summed E-state index contributed by atoms with van der Waals surface area (Å²) in [7, 11) is 1.63. The van der Waals surface area contributed by atoms with Crippen molar-refractivity contribution < 1.29 is 19.1 Å². The van der Waals surface area contributed by atoms with E-state index in [1.807, 2.05) is 24.3 Å². The van der Waals surface area contributed by atoms with Gasteiger partial charge in [0.15, 0.2) is 0 Å². The van der Waals surface area contributed by atoms with Crippen LogP contribution in [-0.4, -0.2) is 45.2 Å². The molecule has 6 heteroatoms. The van der Waals surface area contributed by atoms with Crippen molar-refractivity contribution in [1.29, 1.82) is 0 Å². The van der Waals surface area contributed by atoms with Gasteiger partial charge in [-0.25, -0.2) is 0 Å². The number of para-hydroxylation sites is 1. The van der Waals surface area contributed by atoms with E-state index in [0.29, 0.717) is 26.2 Å². The first kappa shape index (κ1) is 17.3. The van der Waals surface area contributed by atoms with Crippen LogP contribution in [0.2, 0.25) is 0 Å². The molecule has 0 spiro atoms. The number of nitrogens with one attached hydrogen (secondary N) is 2. The highest BCUT2D eigenvalue weighted by Crippen LogP contribution is 2.17. The number of hydrogen-bond donors (Lipinski definition) is 2. The minimum atomic E-state index is -0.180. The SMILES string of the molecule is COc1ccccc1CCNC(=O)CNC(=O)C1CCOCC1. The molecule has 0 bridgehead atoms. The van der Waals surface area contributed by atoms with E-state index in [4.69, 9.17) is 9.47 Å². The quantitative estimate of drug-likeness (QED) is 0.782. The standard InChI is InChI=1S/C17H24N2O4/c1-22-15-5-3-2-4-13(15)6-9-18-16(20)12-19-17(21)14-7-10-23-11-8-14/h2-5,14H,6-12H2,1H3,(H,18,20)(H,19,21). The van der Waals surface area contributed by atoms with Gasteiger partial charge in [-0.15, -0.1) is 0 Å². The summed E-state index contributed by atoms with van der Waals surface area (Å²) in [6, 6.07) is 7.71. The number of rotatable bonds is 7. The first-order chi connectivity index (χ1) is 11.2. The Hall–Kier alpha value is -2.08. The number of amides is 2. The second kappa shape index (κ2) is 9.15. The molecule has 1 aromatic carbocycles.